The number of halogens is 1. The average molecular weight is 345 g/mol. The van der Waals surface area contributed by atoms with Crippen molar-refractivity contribution in [2.45, 2.75) is 6.92 Å². The van der Waals surface area contributed by atoms with Gasteiger partial charge in [0.05, 0.1) is 0 Å². The Labute approximate surface area is 143 Å². The van der Waals surface area contributed by atoms with E-state index in [1.165, 1.54) is 6.07 Å². The predicted molar refractivity (Wildman–Crippen MR) is 98.5 cm³/mol. The second-order valence-corrected chi connectivity index (χ2v) is 5.89. The van der Waals surface area contributed by atoms with Gasteiger partial charge in [0, 0.05) is 33.9 Å². The Bertz CT molecular complexity index is 953. The molecule has 0 radical (unpaired) electrons. The molecule has 4 nitrogen and oxygen atoms in total. The van der Waals surface area contributed by atoms with Crippen LogP contribution in [0.1, 0.15) is 5.56 Å². The number of rotatable bonds is 2. The van der Waals surface area contributed by atoms with Crippen molar-refractivity contribution in [3.8, 4) is 0 Å². The number of thiocarbonyl (C=S) groups is 1. The molecule has 0 aliphatic carbocycles. The van der Waals surface area contributed by atoms with Gasteiger partial charge in [-0.25, -0.2) is 4.79 Å². The standard InChI is InChI=1S/C17H13ClN2O2S/c1-10-7-16(21)22-15-9-13(5-6-14(10)15)20-17(23)19-12-4-2-3-11(18)8-12/h2-9H,1H3,(H2,19,20,23). The summed E-state index contributed by atoms with van der Waals surface area (Å²) in [6, 6.07) is 14.2. The van der Waals surface area contributed by atoms with E-state index in [1.54, 1.807) is 18.2 Å². The molecule has 0 aliphatic rings. The van der Waals surface area contributed by atoms with E-state index in [2.05, 4.69) is 10.6 Å². The van der Waals surface area contributed by atoms with Crippen molar-refractivity contribution in [2.24, 2.45) is 0 Å². The summed E-state index contributed by atoms with van der Waals surface area (Å²) in [6.07, 6.45) is 0. The smallest absolute Gasteiger partial charge is 0.336 e. The lowest BCUT2D eigenvalue weighted by Crippen LogP contribution is -2.19. The van der Waals surface area contributed by atoms with Gasteiger partial charge < -0.3 is 15.1 Å². The third-order valence-electron chi connectivity index (χ3n) is 3.29. The first-order chi connectivity index (χ1) is 11.0. The molecule has 3 aromatic rings. The van der Waals surface area contributed by atoms with Crippen molar-refractivity contribution in [1.82, 2.24) is 0 Å². The molecule has 2 aromatic carbocycles. The van der Waals surface area contributed by atoms with Crippen molar-refractivity contribution in [3.05, 3.63) is 69.5 Å². The summed E-state index contributed by atoms with van der Waals surface area (Å²) < 4.78 is 5.22. The monoisotopic (exact) mass is 344 g/mol. The first-order valence-corrected chi connectivity index (χ1v) is 7.68. The molecule has 0 aliphatic heterocycles. The Kier molecular flexibility index (Phi) is 4.32. The molecule has 0 saturated carbocycles. The lowest BCUT2D eigenvalue weighted by molar-refractivity contribution is 0.560. The Morgan fingerprint density at radius 3 is 2.57 bits per heavy atom. The van der Waals surface area contributed by atoms with Crippen LogP contribution >= 0.6 is 23.8 Å². The zero-order chi connectivity index (χ0) is 16.4. The Morgan fingerprint density at radius 2 is 1.83 bits per heavy atom. The summed E-state index contributed by atoms with van der Waals surface area (Å²) in [4.78, 5) is 11.5. The summed E-state index contributed by atoms with van der Waals surface area (Å²) in [7, 11) is 0. The minimum atomic E-state index is -0.369. The number of fused-ring (bicyclic) bond motifs is 1. The van der Waals surface area contributed by atoms with E-state index >= 15 is 0 Å². The van der Waals surface area contributed by atoms with Gasteiger partial charge in [-0.1, -0.05) is 17.7 Å². The number of hydrogen-bond acceptors (Lipinski definition) is 3. The number of hydrogen-bond donors (Lipinski definition) is 2. The molecule has 0 amide bonds. The molecule has 1 aromatic heterocycles. The zero-order valence-corrected chi connectivity index (χ0v) is 13.8. The quantitative estimate of drug-likeness (QED) is 0.527. The van der Waals surface area contributed by atoms with E-state index in [9.17, 15) is 4.79 Å². The predicted octanol–water partition coefficient (Wildman–Crippen LogP) is 4.56. The highest BCUT2D eigenvalue weighted by atomic mass is 35.5. The Hall–Kier alpha value is -2.37. The SMILES string of the molecule is Cc1cc(=O)oc2cc(NC(=S)Nc3cccc(Cl)c3)ccc12. The van der Waals surface area contributed by atoms with E-state index in [1.807, 2.05) is 31.2 Å². The van der Waals surface area contributed by atoms with Crippen LogP contribution in [0.3, 0.4) is 0 Å². The molecule has 0 spiro atoms. The maximum atomic E-state index is 11.5. The molecule has 6 heteroatoms. The third-order valence-corrected chi connectivity index (χ3v) is 3.73. The fraction of sp³-hybridized carbons (Fsp3) is 0.0588. The lowest BCUT2D eigenvalue weighted by atomic mass is 10.1. The van der Waals surface area contributed by atoms with Gasteiger partial charge in [-0.05, 0) is 55.0 Å². The summed E-state index contributed by atoms with van der Waals surface area (Å²) in [6.45, 7) is 1.87. The highest BCUT2D eigenvalue weighted by Gasteiger charge is 2.05. The lowest BCUT2D eigenvalue weighted by Gasteiger charge is -2.11. The van der Waals surface area contributed by atoms with Crippen LogP contribution in [0.15, 0.2) is 57.7 Å². The molecule has 116 valence electrons. The first-order valence-electron chi connectivity index (χ1n) is 6.89. The third kappa shape index (κ3) is 3.70. The molecule has 0 atom stereocenters. The fourth-order valence-corrected chi connectivity index (χ4v) is 2.69. The molecule has 0 bridgehead atoms. The summed E-state index contributed by atoms with van der Waals surface area (Å²) in [5.74, 6) is 0. The summed E-state index contributed by atoms with van der Waals surface area (Å²) in [5.41, 5.74) is 2.55. The van der Waals surface area contributed by atoms with Gasteiger partial charge in [0.15, 0.2) is 5.11 Å². The number of nitrogens with one attached hydrogen (secondary N) is 2. The van der Waals surface area contributed by atoms with Crippen LogP contribution in [0.4, 0.5) is 11.4 Å². The van der Waals surface area contributed by atoms with Crippen LogP contribution in [-0.2, 0) is 0 Å². The second kappa shape index (κ2) is 6.40. The molecule has 2 N–H and O–H groups in total. The molecule has 0 unspecified atom stereocenters. The molecule has 23 heavy (non-hydrogen) atoms. The fourth-order valence-electron chi connectivity index (χ4n) is 2.26. The van der Waals surface area contributed by atoms with E-state index < -0.39 is 0 Å². The highest BCUT2D eigenvalue weighted by Crippen LogP contribution is 2.21. The topological polar surface area (TPSA) is 54.3 Å². The zero-order valence-electron chi connectivity index (χ0n) is 12.2. The van der Waals surface area contributed by atoms with E-state index in [0.717, 1.165) is 22.3 Å². The molecule has 3 rings (SSSR count). The molecular formula is C17H13ClN2O2S. The molecule has 1 heterocycles. The maximum absolute atomic E-state index is 11.5. The van der Waals surface area contributed by atoms with E-state index in [4.69, 9.17) is 28.2 Å². The number of anilines is 2. The Morgan fingerprint density at radius 1 is 1.09 bits per heavy atom. The van der Waals surface area contributed by atoms with Crippen molar-refractivity contribution in [3.63, 3.8) is 0 Å². The van der Waals surface area contributed by atoms with Crippen LogP contribution in [0.2, 0.25) is 5.02 Å². The van der Waals surface area contributed by atoms with Gasteiger partial charge in [0.2, 0.25) is 0 Å². The highest BCUT2D eigenvalue weighted by molar-refractivity contribution is 7.80. The van der Waals surface area contributed by atoms with Crippen molar-refractivity contribution in [2.75, 3.05) is 10.6 Å². The van der Waals surface area contributed by atoms with Crippen molar-refractivity contribution < 1.29 is 4.42 Å². The van der Waals surface area contributed by atoms with Gasteiger partial charge >= 0.3 is 5.63 Å². The minimum absolute atomic E-state index is 0.369. The average Bonchev–Trinajstić information content (AvgIpc) is 2.46. The van der Waals surface area contributed by atoms with Crippen molar-refractivity contribution in [1.29, 1.82) is 0 Å². The van der Waals surface area contributed by atoms with Gasteiger partial charge in [-0.3, -0.25) is 0 Å². The first kappa shape index (κ1) is 15.5. The van der Waals surface area contributed by atoms with Crippen LogP contribution in [0.25, 0.3) is 11.0 Å². The van der Waals surface area contributed by atoms with E-state index in [-0.39, 0.29) is 5.63 Å². The largest absolute Gasteiger partial charge is 0.423 e. The van der Waals surface area contributed by atoms with Gasteiger partial charge in [-0.2, -0.15) is 0 Å². The van der Waals surface area contributed by atoms with Crippen LogP contribution in [0, 0.1) is 6.92 Å². The summed E-state index contributed by atoms with van der Waals surface area (Å²) in [5, 5.41) is 8.04. The van der Waals surface area contributed by atoms with Crippen LogP contribution in [0.5, 0.6) is 0 Å². The van der Waals surface area contributed by atoms with Gasteiger partial charge in [0.25, 0.3) is 0 Å². The number of aryl methyl sites for hydroxylation is 1. The van der Waals surface area contributed by atoms with Gasteiger partial charge in [-0.15, -0.1) is 0 Å². The molecular weight excluding hydrogens is 332 g/mol. The van der Waals surface area contributed by atoms with Crippen LogP contribution in [-0.4, -0.2) is 5.11 Å². The van der Waals surface area contributed by atoms with E-state index in [0.29, 0.717) is 15.7 Å². The minimum Gasteiger partial charge on any atom is -0.423 e. The van der Waals surface area contributed by atoms with Gasteiger partial charge in [0.1, 0.15) is 5.58 Å². The normalized spacial score (nSPS) is 10.5. The summed E-state index contributed by atoms with van der Waals surface area (Å²) >= 11 is 11.2. The Balaban J connectivity index is 1.81. The van der Waals surface area contributed by atoms with Crippen LogP contribution < -0.4 is 16.3 Å². The number of benzene rings is 2. The maximum Gasteiger partial charge on any atom is 0.336 e. The second-order valence-electron chi connectivity index (χ2n) is 5.05. The van der Waals surface area contributed by atoms with Crippen molar-refractivity contribution >= 4 is 51.3 Å². The molecule has 0 saturated heterocycles. The molecule has 0 fully saturated rings.